The summed E-state index contributed by atoms with van der Waals surface area (Å²) in [6.45, 7) is 10.8. The summed E-state index contributed by atoms with van der Waals surface area (Å²) in [5, 5.41) is 0. The van der Waals surface area contributed by atoms with Crippen molar-refractivity contribution in [3.63, 3.8) is 0 Å². The number of unbranched alkanes of at least 4 members (excludes halogenated alkanes) is 6. The molecule has 0 N–H and O–H groups in total. The van der Waals surface area contributed by atoms with Gasteiger partial charge in [-0.15, -0.1) is 0 Å². The summed E-state index contributed by atoms with van der Waals surface area (Å²) in [5.74, 6) is -0.399. The molecule has 2 nitrogen and oxygen atoms in total. The molecule has 1 aliphatic carbocycles. The van der Waals surface area contributed by atoms with Crippen LogP contribution in [0.5, 0.6) is 0 Å². The Morgan fingerprint density at radius 1 is 0.846 bits per heavy atom. The molecule has 0 aliphatic heterocycles. The lowest BCUT2D eigenvalue weighted by Gasteiger charge is -2.38. The van der Waals surface area contributed by atoms with Gasteiger partial charge in [-0.3, -0.25) is 0 Å². The lowest BCUT2D eigenvalue weighted by atomic mass is 9.92. The summed E-state index contributed by atoms with van der Waals surface area (Å²) in [4.78, 5) is 0. The van der Waals surface area contributed by atoms with Gasteiger partial charge < -0.3 is 9.47 Å². The maximum Gasteiger partial charge on any atom is 0.169 e. The first-order chi connectivity index (χ1) is 12.5. The lowest BCUT2D eigenvalue weighted by molar-refractivity contribution is -0.275. The number of rotatable bonds is 15. The van der Waals surface area contributed by atoms with Gasteiger partial charge in [0, 0.05) is 12.8 Å². The SMILES string of the molecule is CCCCCCCCCC(CCC1=CCCCC1)(OC(C)C)OC(C)C. The second-order valence-electron chi connectivity index (χ2n) is 8.72. The number of ether oxygens (including phenoxy) is 2. The molecule has 154 valence electrons. The van der Waals surface area contributed by atoms with E-state index in [0.717, 1.165) is 19.3 Å². The number of hydrogen-bond acceptors (Lipinski definition) is 2. The van der Waals surface area contributed by atoms with Crippen LogP contribution < -0.4 is 0 Å². The normalized spacial score (nSPS) is 15.7. The van der Waals surface area contributed by atoms with Gasteiger partial charge in [-0.1, -0.05) is 57.1 Å². The van der Waals surface area contributed by atoms with Crippen LogP contribution in [-0.2, 0) is 9.47 Å². The van der Waals surface area contributed by atoms with Crippen molar-refractivity contribution in [1.82, 2.24) is 0 Å². The van der Waals surface area contributed by atoms with E-state index < -0.39 is 5.79 Å². The molecular formula is C24H46O2. The van der Waals surface area contributed by atoms with Crippen molar-refractivity contribution >= 4 is 0 Å². The molecule has 0 aromatic carbocycles. The predicted octanol–water partition coefficient (Wildman–Crippen LogP) is 7.95. The topological polar surface area (TPSA) is 18.5 Å². The first kappa shape index (κ1) is 23.7. The first-order valence-electron chi connectivity index (χ1n) is 11.5. The van der Waals surface area contributed by atoms with Crippen LogP contribution in [0.4, 0.5) is 0 Å². The highest BCUT2D eigenvalue weighted by Crippen LogP contribution is 2.33. The molecule has 1 aliphatic rings. The van der Waals surface area contributed by atoms with Crippen molar-refractivity contribution in [3.05, 3.63) is 11.6 Å². The second kappa shape index (κ2) is 13.8. The van der Waals surface area contributed by atoms with Crippen LogP contribution in [0.2, 0.25) is 0 Å². The fourth-order valence-corrected chi connectivity index (χ4v) is 4.08. The summed E-state index contributed by atoms with van der Waals surface area (Å²) >= 11 is 0. The summed E-state index contributed by atoms with van der Waals surface area (Å²) < 4.78 is 12.9. The van der Waals surface area contributed by atoms with Crippen molar-refractivity contribution in [2.24, 2.45) is 0 Å². The first-order valence-corrected chi connectivity index (χ1v) is 11.5. The van der Waals surface area contributed by atoms with Crippen molar-refractivity contribution < 1.29 is 9.47 Å². The van der Waals surface area contributed by atoms with Crippen LogP contribution in [-0.4, -0.2) is 18.0 Å². The largest absolute Gasteiger partial charge is 0.347 e. The molecule has 0 bridgehead atoms. The van der Waals surface area contributed by atoms with Gasteiger partial charge in [-0.25, -0.2) is 0 Å². The Balaban J connectivity index is 2.57. The van der Waals surface area contributed by atoms with E-state index in [-0.39, 0.29) is 12.2 Å². The minimum Gasteiger partial charge on any atom is -0.347 e. The van der Waals surface area contributed by atoms with E-state index in [1.807, 2.05) is 0 Å². The zero-order chi connectivity index (χ0) is 19.3. The maximum absolute atomic E-state index is 6.44. The van der Waals surface area contributed by atoms with Gasteiger partial charge in [0.15, 0.2) is 5.79 Å². The van der Waals surface area contributed by atoms with Gasteiger partial charge in [0.2, 0.25) is 0 Å². The minimum atomic E-state index is -0.399. The number of hydrogen-bond donors (Lipinski definition) is 0. The van der Waals surface area contributed by atoms with Crippen molar-refractivity contribution in [2.75, 3.05) is 0 Å². The molecule has 0 fully saturated rings. The molecule has 0 saturated carbocycles. The van der Waals surface area contributed by atoms with Crippen LogP contribution in [0.1, 0.15) is 125 Å². The average molecular weight is 367 g/mol. The van der Waals surface area contributed by atoms with E-state index in [4.69, 9.17) is 9.47 Å². The van der Waals surface area contributed by atoms with E-state index >= 15 is 0 Å². The second-order valence-corrected chi connectivity index (χ2v) is 8.72. The van der Waals surface area contributed by atoms with Gasteiger partial charge in [-0.2, -0.15) is 0 Å². The quantitative estimate of drug-likeness (QED) is 0.166. The minimum absolute atomic E-state index is 0.207. The van der Waals surface area contributed by atoms with E-state index in [2.05, 4.69) is 40.7 Å². The third-order valence-electron chi connectivity index (χ3n) is 5.27. The van der Waals surface area contributed by atoms with Crippen LogP contribution in [0.25, 0.3) is 0 Å². The highest BCUT2D eigenvalue weighted by molar-refractivity contribution is 5.05. The Morgan fingerprint density at radius 2 is 1.46 bits per heavy atom. The zero-order valence-corrected chi connectivity index (χ0v) is 18.4. The van der Waals surface area contributed by atoms with E-state index in [0.29, 0.717) is 0 Å². The summed E-state index contributed by atoms with van der Waals surface area (Å²) in [7, 11) is 0. The van der Waals surface area contributed by atoms with Crippen molar-refractivity contribution in [2.45, 2.75) is 143 Å². The fraction of sp³-hybridized carbons (Fsp3) is 0.917. The molecule has 2 heteroatoms. The molecule has 1 rings (SSSR count). The molecule has 0 spiro atoms. The Hall–Kier alpha value is -0.340. The van der Waals surface area contributed by atoms with Crippen LogP contribution in [0.15, 0.2) is 11.6 Å². The van der Waals surface area contributed by atoms with Gasteiger partial charge in [-0.05, 0) is 66.2 Å². The Labute approximate surface area is 164 Å². The van der Waals surface area contributed by atoms with Crippen molar-refractivity contribution in [3.8, 4) is 0 Å². The van der Waals surface area contributed by atoms with Gasteiger partial charge in [0.1, 0.15) is 0 Å². The van der Waals surface area contributed by atoms with Crippen molar-refractivity contribution in [1.29, 1.82) is 0 Å². The van der Waals surface area contributed by atoms with Gasteiger partial charge >= 0.3 is 0 Å². The van der Waals surface area contributed by atoms with E-state index in [9.17, 15) is 0 Å². The van der Waals surface area contributed by atoms with Crippen LogP contribution in [0.3, 0.4) is 0 Å². The zero-order valence-electron chi connectivity index (χ0n) is 18.4. The highest BCUT2D eigenvalue weighted by atomic mass is 16.7. The molecule has 0 radical (unpaired) electrons. The van der Waals surface area contributed by atoms with E-state index in [1.54, 1.807) is 5.57 Å². The summed E-state index contributed by atoms with van der Waals surface area (Å²) in [6, 6.07) is 0. The lowest BCUT2D eigenvalue weighted by Crippen LogP contribution is -2.40. The smallest absolute Gasteiger partial charge is 0.169 e. The molecule has 0 aromatic rings. The molecule has 26 heavy (non-hydrogen) atoms. The van der Waals surface area contributed by atoms with Gasteiger partial charge in [0.25, 0.3) is 0 Å². The molecule has 0 amide bonds. The maximum atomic E-state index is 6.44. The fourth-order valence-electron chi connectivity index (χ4n) is 4.08. The van der Waals surface area contributed by atoms with E-state index in [1.165, 1.54) is 70.6 Å². The highest BCUT2D eigenvalue weighted by Gasteiger charge is 2.34. The third-order valence-corrected chi connectivity index (χ3v) is 5.27. The molecule has 0 aromatic heterocycles. The number of allylic oxidation sites excluding steroid dienone is 2. The Morgan fingerprint density at radius 3 is 2.00 bits per heavy atom. The molecular weight excluding hydrogens is 320 g/mol. The monoisotopic (exact) mass is 366 g/mol. The molecule has 0 heterocycles. The summed E-state index contributed by atoms with van der Waals surface area (Å²) in [5.41, 5.74) is 1.62. The third kappa shape index (κ3) is 10.7. The molecule has 0 atom stereocenters. The predicted molar refractivity (Wildman–Crippen MR) is 114 cm³/mol. The van der Waals surface area contributed by atoms with Gasteiger partial charge in [0.05, 0.1) is 12.2 Å². The average Bonchev–Trinajstić information content (AvgIpc) is 2.59. The molecule has 0 unspecified atom stereocenters. The molecule has 0 saturated heterocycles. The summed E-state index contributed by atoms with van der Waals surface area (Å²) in [6.07, 6.45) is 20.6. The Kier molecular flexibility index (Phi) is 12.6. The standard InChI is InChI=1S/C24H46O2/c1-6-7-8-9-10-11-15-19-24(25-21(2)3,26-22(4)5)20-18-23-16-13-12-14-17-23/h16,21-22H,6-15,17-20H2,1-5H3. The van der Waals surface area contributed by atoms with Crippen LogP contribution in [0, 0.1) is 0 Å². The Bertz CT molecular complexity index is 360. The van der Waals surface area contributed by atoms with Crippen LogP contribution >= 0.6 is 0 Å².